The third-order valence-electron chi connectivity index (χ3n) is 4.20. The van der Waals surface area contributed by atoms with E-state index in [4.69, 9.17) is 18.6 Å². The standard InChI is InChI=1S/C20H48N12Si/c1-25(2)17(26(3)4)21-33(22-18(27(5)6)28(7)8,23-19(29(9)10)30(11)12)24-20(31(13)14)32(15)16/h1-16H3. The average molecular weight is 485 g/mol. The second-order valence-electron chi connectivity index (χ2n) is 9.40. The number of nitrogens with zero attached hydrogens (tertiary/aromatic N) is 12. The predicted molar refractivity (Wildman–Crippen MR) is 145 cm³/mol. The lowest BCUT2D eigenvalue weighted by molar-refractivity contribution is 0.476. The monoisotopic (exact) mass is 484 g/mol. The highest BCUT2D eigenvalue weighted by atomic mass is 28.4. The zero-order valence-electron chi connectivity index (χ0n) is 23.9. The Labute approximate surface area is 203 Å². The van der Waals surface area contributed by atoms with Crippen molar-refractivity contribution in [1.82, 2.24) is 39.2 Å². The minimum atomic E-state index is -3.53. The van der Waals surface area contributed by atoms with E-state index < -0.39 is 8.72 Å². The normalized spacial score (nSPS) is 10.4. The SMILES string of the molecule is CN(C)C(=N[Si](N=C(N(C)C)N(C)C)(N=C(N(C)C)N(C)C)N=C(N(C)C)N(C)C)N(C)C. The molecule has 0 amide bonds. The van der Waals surface area contributed by atoms with Crippen molar-refractivity contribution in [3.8, 4) is 0 Å². The molecule has 13 heteroatoms. The quantitative estimate of drug-likeness (QED) is 0.296. The summed E-state index contributed by atoms with van der Waals surface area (Å²) < 4.78 is 20.8. The number of guanidine groups is 4. The van der Waals surface area contributed by atoms with Crippen LogP contribution in [0.3, 0.4) is 0 Å². The first-order valence-electron chi connectivity index (χ1n) is 10.7. The molecular formula is C20H48N12Si. The van der Waals surface area contributed by atoms with Gasteiger partial charge in [0.2, 0.25) is 0 Å². The highest BCUT2D eigenvalue weighted by Gasteiger charge is 2.42. The zero-order valence-corrected chi connectivity index (χ0v) is 24.9. The molecule has 0 aliphatic carbocycles. The maximum absolute atomic E-state index is 5.21. The first-order valence-corrected chi connectivity index (χ1v) is 12.5. The fourth-order valence-corrected chi connectivity index (χ4v) is 6.06. The van der Waals surface area contributed by atoms with Crippen molar-refractivity contribution in [2.75, 3.05) is 113 Å². The van der Waals surface area contributed by atoms with E-state index in [0.29, 0.717) is 0 Å². The molecule has 0 unspecified atom stereocenters. The van der Waals surface area contributed by atoms with Crippen LogP contribution >= 0.6 is 0 Å². The van der Waals surface area contributed by atoms with Crippen LogP contribution in [0.15, 0.2) is 18.6 Å². The fraction of sp³-hybridized carbons (Fsp3) is 0.800. The summed E-state index contributed by atoms with van der Waals surface area (Å²) >= 11 is 0. The van der Waals surface area contributed by atoms with E-state index in [9.17, 15) is 0 Å². The topological polar surface area (TPSA) is 75.4 Å². The molecule has 0 aromatic heterocycles. The summed E-state index contributed by atoms with van der Waals surface area (Å²) in [5.41, 5.74) is 0. The maximum atomic E-state index is 5.21. The van der Waals surface area contributed by atoms with E-state index in [1.165, 1.54) is 0 Å². The van der Waals surface area contributed by atoms with Gasteiger partial charge >= 0.3 is 8.72 Å². The Balaban J connectivity index is 7.91. The summed E-state index contributed by atoms with van der Waals surface area (Å²) in [5.74, 6) is 2.96. The van der Waals surface area contributed by atoms with Gasteiger partial charge in [0, 0.05) is 113 Å². The molecule has 0 aliphatic rings. The van der Waals surface area contributed by atoms with Gasteiger partial charge < -0.3 is 39.2 Å². The fourth-order valence-electron chi connectivity index (χ4n) is 3.09. The van der Waals surface area contributed by atoms with E-state index in [1.54, 1.807) is 0 Å². The van der Waals surface area contributed by atoms with Gasteiger partial charge in [-0.2, -0.15) is 0 Å². The van der Waals surface area contributed by atoms with Gasteiger partial charge in [-0.1, -0.05) is 0 Å². The highest BCUT2D eigenvalue weighted by molar-refractivity contribution is 6.77. The lowest BCUT2D eigenvalue weighted by atomic mass is 10.7. The minimum absolute atomic E-state index is 0.739. The summed E-state index contributed by atoms with van der Waals surface area (Å²) in [6.07, 6.45) is 0. The van der Waals surface area contributed by atoms with Crippen LogP contribution in [0.5, 0.6) is 0 Å². The third kappa shape index (κ3) is 8.98. The van der Waals surface area contributed by atoms with Gasteiger partial charge in [0.05, 0.1) is 0 Å². The third-order valence-corrected chi connectivity index (χ3v) is 6.20. The molecule has 0 N–H and O–H groups in total. The summed E-state index contributed by atoms with van der Waals surface area (Å²) in [5, 5.41) is 0. The summed E-state index contributed by atoms with van der Waals surface area (Å²) in [6.45, 7) is 0. The van der Waals surface area contributed by atoms with E-state index in [1.807, 2.05) is 152 Å². The summed E-state index contributed by atoms with van der Waals surface area (Å²) in [7, 11) is 27.9. The van der Waals surface area contributed by atoms with Gasteiger partial charge in [-0.15, -0.1) is 0 Å². The lowest BCUT2D eigenvalue weighted by Gasteiger charge is -2.31. The minimum Gasteiger partial charge on any atom is -0.350 e. The van der Waals surface area contributed by atoms with Crippen molar-refractivity contribution in [1.29, 1.82) is 0 Å². The molecule has 12 nitrogen and oxygen atoms in total. The molecule has 0 atom stereocenters. The van der Waals surface area contributed by atoms with Crippen molar-refractivity contribution in [3.05, 3.63) is 0 Å². The molecule has 0 fully saturated rings. The van der Waals surface area contributed by atoms with Crippen LogP contribution in [0.25, 0.3) is 0 Å². The van der Waals surface area contributed by atoms with Crippen molar-refractivity contribution < 1.29 is 0 Å². The molecule has 0 rings (SSSR count). The van der Waals surface area contributed by atoms with Crippen molar-refractivity contribution in [3.63, 3.8) is 0 Å². The Bertz CT molecular complexity index is 568. The van der Waals surface area contributed by atoms with E-state index in [0.717, 1.165) is 23.8 Å². The molecule has 0 heterocycles. The molecule has 192 valence electrons. The highest BCUT2D eigenvalue weighted by Crippen LogP contribution is 2.18. The van der Waals surface area contributed by atoms with Crippen LogP contribution in [-0.2, 0) is 0 Å². The van der Waals surface area contributed by atoms with E-state index in [-0.39, 0.29) is 0 Å². The van der Waals surface area contributed by atoms with Crippen molar-refractivity contribution in [2.24, 2.45) is 18.6 Å². The van der Waals surface area contributed by atoms with Gasteiger partial charge in [-0.3, -0.25) is 0 Å². The van der Waals surface area contributed by atoms with E-state index >= 15 is 0 Å². The predicted octanol–water partition coefficient (Wildman–Crippen LogP) is -0.661. The van der Waals surface area contributed by atoms with Gasteiger partial charge in [0.1, 0.15) is 0 Å². The van der Waals surface area contributed by atoms with Crippen LogP contribution in [0.2, 0.25) is 0 Å². The van der Waals surface area contributed by atoms with Gasteiger partial charge in [0.15, 0.2) is 23.8 Å². The molecule has 0 radical (unpaired) electrons. The Hall–Kier alpha value is -2.70. The van der Waals surface area contributed by atoms with Crippen molar-refractivity contribution in [2.45, 2.75) is 0 Å². The Morgan fingerprint density at radius 2 is 0.424 bits per heavy atom. The molecule has 0 bridgehead atoms. The second kappa shape index (κ2) is 12.5. The number of hydrogen-bond donors (Lipinski definition) is 0. The molecule has 0 spiro atoms. The number of rotatable bonds is 4. The molecule has 33 heavy (non-hydrogen) atoms. The van der Waals surface area contributed by atoms with Crippen LogP contribution < -0.4 is 0 Å². The van der Waals surface area contributed by atoms with Crippen molar-refractivity contribution >= 4 is 32.6 Å². The Morgan fingerprint density at radius 3 is 0.515 bits per heavy atom. The summed E-state index contributed by atoms with van der Waals surface area (Å²) in [6, 6.07) is 0. The van der Waals surface area contributed by atoms with Gasteiger partial charge in [-0.05, 0) is 0 Å². The molecule has 0 aromatic rings. The average Bonchev–Trinajstić information content (AvgIpc) is 2.64. The van der Waals surface area contributed by atoms with Crippen LogP contribution in [0, 0.1) is 0 Å². The molecule has 0 saturated carbocycles. The second-order valence-corrected chi connectivity index (χ2v) is 11.5. The van der Waals surface area contributed by atoms with E-state index in [2.05, 4.69) is 0 Å². The summed E-state index contributed by atoms with van der Waals surface area (Å²) in [4.78, 5) is 15.7. The van der Waals surface area contributed by atoms with Crippen LogP contribution in [-0.4, -0.2) is 185 Å². The Kier molecular flexibility index (Phi) is 11.5. The smallest absolute Gasteiger partial charge is 0.350 e. The van der Waals surface area contributed by atoms with Gasteiger partial charge in [-0.25, -0.2) is 18.6 Å². The first kappa shape index (κ1) is 30.3. The van der Waals surface area contributed by atoms with Crippen LogP contribution in [0.1, 0.15) is 0 Å². The molecular weight excluding hydrogens is 436 g/mol. The van der Waals surface area contributed by atoms with Gasteiger partial charge in [0.25, 0.3) is 0 Å². The maximum Gasteiger partial charge on any atom is 0.589 e. The largest absolute Gasteiger partial charge is 0.589 e. The number of hydrogen-bond acceptors (Lipinski definition) is 4. The lowest BCUT2D eigenvalue weighted by Crippen LogP contribution is -2.48. The zero-order chi connectivity index (χ0) is 26.3. The Morgan fingerprint density at radius 1 is 0.303 bits per heavy atom. The van der Waals surface area contributed by atoms with Crippen LogP contribution in [0.4, 0.5) is 0 Å². The first-order chi connectivity index (χ1) is 15.0. The molecule has 0 aromatic carbocycles. The molecule has 0 saturated heterocycles. The molecule has 0 aliphatic heterocycles.